The number of aldehydes is 1. The van der Waals surface area contributed by atoms with Gasteiger partial charge in [-0.05, 0) is 100 Å². The van der Waals surface area contributed by atoms with E-state index in [-0.39, 0.29) is 23.8 Å². The molecule has 5 rings (SSSR count). The lowest BCUT2D eigenvalue weighted by Crippen LogP contribution is -2.47. The predicted molar refractivity (Wildman–Crippen MR) is 170 cm³/mol. The molecule has 5 aliphatic rings. The van der Waals surface area contributed by atoms with Crippen LogP contribution < -0.4 is 10.6 Å². The highest BCUT2D eigenvalue weighted by molar-refractivity contribution is 5.84. The summed E-state index contributed by atoms with van der Waals surface area (Å²) in [6, 6.07) is 0.635. The molecule has 1 saturated carbocycles. The van der Waals surface area contributed by atoms with E-state index in [9.17, 15) is 14.0 Å². The van der Waals surface area contributed by atoms with Gasteiger partial charge in [0.2, 0.25) is 0 Å². The Bertz CT molecular complexity index is 1060. The molecule has 6 atom stereocenters. The lowest BCUT2D eigenvalue weighted by atomic mass is 9.72. The lowest BCUT2D eigenvalue weighted by Gasteiger charge is -2.41. The Kier molecular flexibility index (Phi) is 11.7. The zero-order valence-electron chi connectivity index (χ0n) is 26.9. The Balaban J connectivity index is 1.10. The Hall–Kier alpha value is -1.83. The lowest BCUT2D eigenvalue weighted by molar-refractivity contribution is -0.123. The summed E-state index contributed by atoms with van der Waals surface area (Å²) in [5.41, 5.74) is 4.69. The zero-order chi connectivity index (χ0) is 30.3. The van der Waals surface area contributed by atoms with Crippen molar-refractivity contribution in [3.05, 3.63) is 34.6 Å². The summed E-state index contributed by atoms with van der Waals surface area (Å²) in [5.74, 6) is 2.10. The molecule has 2 N–H and O–H groups in total. The fraction of sp³-hybridized carbons (Fsp3) is 0.778. The molecule has 1 saturated heterocycles. The van der Waals surface area contributed by atoms with Crippen LogP contribution in [0.5, 0.6) is 0 Å². The smallest absolute Gasteiger partial charge is 0.147 e. The number of nitrogens with zero attached hydrogens (tertiary/aromatic N) is 1. The van der Waals surface area contributed by atoms with Crippen LogP contribution in [0.1, 0.15) is 97.3 Å². The Labute approximate surface area is 259 Å². The van der Waals surface area contributed by atoms with Crippen molar-refractivity contribution in [3.8, 4) is 0 Å². The number of likely N-dealkylation sites (tertiary alicyclic amines) is 1. The molecule has 0 radical (unpaired) electrons. The quantitative estimate of drug-likeness (QED) is 0.237. The first-order chi connectivity index (χ1) is 20.9. The van der Waals surface area contributed by atoms with Crippen LogP contribution in [0.15, 0.2) is 34.6 Å². The predicted octanol–water partition coefficient (Wildman–Crippen LogP) is 6.08. The maximum Gasteiger partial charge on any atom is 0.147 e. The number of Topliss-reactive ketones (excluding diaryl/α,β-unsaturated/α-hetero) is 1. The van der Waals surface area contributed by atoms with Crippen molar-refractivity contribution in [1.29, 1.82) is 0 Å². The number of nitrogens with one attached hydrogen (secondary N) is 2. The van der Waals surface area contributed by atoms with Crippen LogP contribution in [0.25, 0.3) is 0 Å². The Morgan fingerprint density at radius 2 is 1.98 bits per heavy atom. The van der Waals surface area contributed by atoms with E-state index < -0.39 is 6.17 Å². The van der Waals surface area contributed by atoms with Crippen molar-refractivity contribution < 1.29 is 18.7 Å². The fourth-order valence-electron chi connectivity index (χ4n) is 8.33. The summed E-state index contributed by atoms with van der Waals surface area (Å²) < 4.78 is 19.9. The van der Waals surface area contributed by atoms with Crippen LogP contribution in [-0.2, 0) is 14.3 Å². The average Bonchev–Trinajstić information content (AvgIpc) is 3.88. The number of carbonyl (C=O) groups is 2. The van der Waals surface area contributed by atoms with Crippen molar-refractivity contribution >= 4 is 12.1 Å². The van der Waals surface area contributed by atoms with Gasteiger partial charge in [-0.3, -0.25) is 9.59 Å². The van der Waals surface area contributed by atoms with E-state index in [1.54, 1.807) is 0 Å². The number of allylic oxidation sites excluding steroid dienone is 4. The van der Waals surface area contributed by atoms with Crippen LogP contribution in [0, 0.1) is 23.7 Å². The summed E-state index contributed by atoms with van der Waals surface area (Å²) in [6.07, 6.45) is 17.1. The van der Waals surface area contributed by atoms with E-state index in [0.717, 1.165) is 88.2 Å². The van der Waals surface area contributed by atoms with Gasteiger partial charge in [-0.2, -0.15) is 0 Å². The van der Waals surface area contributed by atoms with Crippen LogP contribution in [-0.4, -0.2) is 74.6 Å². The number of methoxy groups -OCH3 is 1. The fourth-order valence-corrected chi connectivity index (χ4v) is 8.33. The maximum atomic E-state index is 13.8. The first-order valence-corrected chi connectivity index (χ1v) is 17.4. The molecule has 7 heteroatoms. The molecule has 3 unspecified atom stereocenters. The number of carbonyl (C=O) groups excluding carboxylic acids is 2. The van der Waals surface area contributed by atoms with Gasteiger partial charge in [0.25, 0.3) is 0 Å². The molecular weight excluding hydrogens is 541 g/mol. The second kappa shape index (κ2) is 15.4. The van der Waals surface area contributed by atoms with Gasteiger partial charge in [-0.25, -0.2) is 4.39 Å². The van der Waals surface area contributed by atoms with E-state index in [4.69, 9.17) is 4.74 Å². The van der Waals surface area contributed by atoms with Gasteiger partial charge in [-0.15, -0.1) is 0 Å². The minimum atomic E-state index is -0.672. The number of hydrogen-bond acceptors (Lipinski definition) is 6. The Morgan fingerprint density at radius 3 is 2.60 bits per heavy atom. The second-order valence-electron chi connectivity index (χ2n) is 13.9. The van der Waals surface area contributed by atoms with E-state index in [0.29, 0.717) is 43.6 Å². The number of rotatable bonds is 14. The third kappa shape index (κ3) is 8.26. The van der Waals surface area contributed by atoms with E-state index in [1.165, 1.54) is 30.4 Å². The molecule has 2 aliphatic heterocycles. The van der Waals surface area contributed by atoms with Gasteiger partial charge < -0.3 is 20.3 Å². The standard InChI is InChI=1S/C36H56FN3O3/c1-4-6-34-32(35(42)5-2)20-27(23-41)33(39-34)13-16-38-29-14-17-40(18-15-29)22-26-19-30(24-7-8-24)31(21-36(26)43-3)25-9-11-28(37)12-10-25/h9,21,23-24,26,28-30,32,34,36,38-39H,4-8,10-20,22H2,1-3H3/t26-,28-,30+,32?,34?,36?/m0/s1. The summed E-state index contributed by atoms with van der Waals surface area (Å²) in [4.78, 5) is 27.1. The van der Waals surface area contributed by atoms with Crippen molar-refractivity contribution in [3.63, 3.8) is 0 Å². The topological polar surface area (TPSA) is 70.7 Å². The minimum Gasteiger partial charge on any atom is -0.385 e. The molecule has 0 aromatic carbocycles. The molecule has 0 aromatic rings. The van der Waals surface area contributed by atoms with Crippen LogP contribution >= 0.6 is 0 Å². The number of halogens is 1. The van der Waals surface area contributed by atoms with Crippen molar-refractivity contribution in [2.24, 2.45) is 23.7 Å². The number of ether oxygens (including phenoxy) is 1. The SMILES string of the molecule is CCCC1NC(CCNC2CCN(C[C@@H]3C[C@H](C4CC4)C(C4=CC[C@H](F)CC4)=CC3OC)CC2)=C(C=O)CC1C(=O)CC. The number of ketones is 1. The molecule has 2 heterocycles. The van der Waals surface area contributed by atoms with Crippen LogP contribution in [0.3, 0.4) is 0 Å². The molecule has 0 amide bonds. The molecule has 240 valence electrons. The van der Waals surface area contributed by atoms with Crippen molar-refractivity contribution in [1.82, 2.24) is 15.5 Å². The van der Waals surface area contributed by atoms with Gasteiger partial charge in [0, 0.05) is 68.2 Å². The highest BCUT2D eigenvalue weighted by Crippen LogP contribution is 2.50. The van der Waals surface area contributed by atoms with Gasteiger partial charge in [0.15, 0.2) is 0 Å². The first kappa shape index (κ1) is 32.6. The number of hydrogen-bond donors (Lipinski definition) is 2. The van der Waals surface area contributed by atoms with Gasteiger partial charge >= 0.3 is 0 Å². The number of alkyl halides is 1. The van der Waals surface area contributed by atoms with Crippen LogP contribution in [0.2, 0.25) is 0 Å². The largest absolute Gasteiger partial charge is 0.385 e. The number of piperidine rings is 1. The highest BCUT2D eigenvalue weighted by atomic mass is 19.1. The molecule has 0 aromatic heterocycles. The Morgan fingerprint density at radius 1 is 1.19 bits per heavy atom. The zero-order valence-corrected chi connectivity index (χ0v) is 26.9. The molecule has 6 nitrogen and oxygen atoms in total. The van der Waals surface area contributed by atoms with Gasteiger partial charge in [-0.1, -0.05) is 32.4 Å². The van der Waals surface area contributed by atoms with E-state index >= 15 is 0 Å². The van der Waals surface area contributed by atoms with Crippen molar-refractivity contribution in [2.45, 2.75) is 122 Å². The molecule has 3 aliphatic carbocycles. The van der Waals surface area contributed by atoms with Gasteiger partial charge in [0.1, 0.15) is 18.2 Å². The summed E-state index contributed by atoms with van der Waals surface area (Å²) >= 11 is 0. The molecule has 0 spiro atoms. The summed E-state index contributed by atoms with van der Waals surface area (Å²) in [7, 11) is 1.85. The normalized spacial score (nSPS) is 32.7. The van der Waals surface area contributed by atoms with E-state index in [1.807, 2.05) is 14.0 Å². The highest BCUT2D eigenvalue weighted by Gasteiger charge is 2.42. The third-order valence-electron chi connectivity index (χ3n) is 11.0. The first-order valence-electron chi connectivity index (χ1n) is 17.4. The molecule has 0 bridgehead atoms. The maximum absolute atomic E-state index is 13.8. The van der Waals surface area contributed by atoms with E-state index in [2.05, 4.69) is 34.6 Å². The molecule has 43 heavy (non-hydrogen) atoms. The van der Waals surface area contributed by atoms with Crippen molar-refractivity contribution in [2.75, 3.05) is 33.3 Å². The monoisotopic (exact) mass is 597 g/mol. The van der Waals surface area contributed by atoms with Gasteiger partial charge in [0.05, 0.1) is 6.10 Å². The molecule has 2 fully saturated rings. The summed E-state index contributed by atoms with van der Waals surface area (Å²) in [5, 5.41) is 7.38. The summed E-state index contributed by atoms with van der Waals surface area (Å²) in [6.45, 7) is 8.20. The average molecular weight is 598 g/mol. The molecular formula is C36H56FN3O3. The third-order valence-corrected chi connectivity index (χ3v) is 11.0. The van der Waals surface area contributed by atoms with Crippen LogP contribution in [0.4, 0.5) is 4.39 Å². The minimum absolute atomic E-state index is 0.0804. The second-order valence-corrected chi connectivity index (χ2v) is 13.9.